The number of aromatic nitrogens is 1. The maximum atomic E-state index is 12.8. The number of amides is 1. The van der Waals surface area contributed by atoms with Crippen molar-refractivity contribution in [3.8, 4) is 0 Å². The molecule has 4 rings (SSSR count). The summed E-state index contributed by atoms with van der Waals surface area (Å²) in [6, 6.07) is 10.9. The molecule has 9 heteroatoms. The van der Waals surface area contributed by atoms with Gasteiger partial charge in [-0.1, -0.05) is 12.1 Å². The molecule has 1 aliphatic rings. The van der Waals surface area contributed by atoms with Crippen LogP contribution in [0.4, 0.5) is 11.4 Å². The van der Waals surface area contributed by atoms with Crippen molar-refractivity contribution in [2.75, 3.05) is 16.2 Å². The molecule has 1 aromatic heterocycles. The van der Waals surface area contributed by atoms with E-state index in [2.05, 4.69) is 9.71 Å². The second-order valence-corrected chi connectivity index (χ2v) is 7.63. The fourth-order valence-electron chi connectivity index (χ4n) is 2.99. The molecule has 0 radical (unpaired) electrons. The molecule has 0 bridgehead atoms. The molecule has 0 spiro atoms. The van der Waals surface area contributed by atoms with E-state index in [-0.39, 0.29) is 16.4 Å². The average molecular weight is 373 g/mol. The number of sulfonamides is 1. The van der Waals surface area contributed by atoms with Crippen LogP contribution in [0, 0.1) is 0 Å². The normalized spacial score (nSPS) is 14.9. The van der Waals surface area contributed by atoms with Crippen molar-refractivity contribution in [1.29, 1.82) is 0 Å². The van der Waals surface area contributed by atoms with Gasteiger partial charge < -0.3 is 9.32 Å². The highest BCUT2D eigenvalue weighted by atomic mass is 32.2. The number of anilines is 2. The zero-order chi connectivity index (χ0) is 18.3. The fraction of sp³-hybridized carbons (Fsp3) is 0.176. The maximum Gasteiger partial charge on any atom is 0.417 e. The number of fused-ring (bicyclic) bond motifs is 1. The molecular weight excluding hydrogens is 358 g/mol. The quantitative estimate of drug-likeness (QED) is 0.727. The number of aromatic amines is 1. The number of oxazole rings is 1. The Labute approximate surface area is 148 Å². The Morgan fingerprint density at radius 3 is 2.69 bits per heavy atom. The van der Waals surface area contributed by atoms with Gasteiger partial charge in [0.05, 0.1) is 21.8 Å². The SMILES string of the molecule is O=C1CCCN1c1ccccc1NS(=O)(=O)c1ccc2[nH]c(=O)oc2c1. The Morgan fingerprint density at radius 1 is 1.12 bits per heavy atom. The summed E-state index contributed by atoms with van der Waals surface area (Å²) < 4.78 is 32.9. The van der Waals surface area contributed by atoms with Crippen LogP contribution in [0.2, 0.25) is 0 Å². The Balaban J connectivity index is 1.71. The lowest BCUT2D eigenvalue weighted by Gasteiger charge is -2.20. The maximum absolute atomic E-state index is 12.8. The number of para-hydroxylation sites is 2. The molecule has 2 aromatic carbocycles. The molecule has 0 saturated carbocycles. The highest BCUT2D eigenvalue weighted by Crippen LogP contribution is 2.31. The molecule has 26 heavy (non-hydrogen) atoms. The van der Waals surface area contributed by atoms with Crippen molar-refractivity contribution in [2.24, 2.45) is 0 Å². The van der Waals surface area contributed by atoms with Gasteiger partial charge in [0.1, 0.15) is 0 Å². The largest absolute Gasteiger partial charge is 0.417 e. The standard InChI is InChI=1S/C17H15N3O5S/c21-16-6-3-9-20(16)14-5-2-1-4-12(14)19-26(23,24)11-7-8-13-15(10-11)25-17(22)18-13/h1-2,4-5,7-8,10,19H,3,6,9H2,(H,18,22). The van der Waals surface area contributed by atoms with Crippen LogP contribution in [0.15, 0.2) is 56.6 Å². The summed E-state index contributed by atoms with van der Waals surface area (Å²) in [6.45, 7) is 0.554. The molecule has 1 saturated heterocycles. The second kappa shape index (κ2) is 6.03. The smallest absolute Gasteiger partial charge is 0.408 e. The summed E-state index contributed by atoms with van der Waals surface area (Å²) in [4.78, 5) is 27.2. The lowest BCUT2D eigenvalue weighted by molar-refractivity contribution is -0.117. The molecule has 0 atom stereocenters. The molecular formula is C17H15N3O5S. The third-order valence-corrected chi connectivity index (χ3v) is 5.58. The Morgan fingerprint density at radius 2 is 1.92 bits per heavy atom. The van der Waals surface area contributed by atoms with Gasteiger partial charge in [-0.25, -0.2) is 13.2 Å². The third kappa shape index (κ3) is 2.86. The number of rotatable bonds is 4. The predicted molar refractivity (Wildman–Crippen MR) is 95.7 cm³/mol. The third-order valence-electron chi connectivity index (χ3n) is 4.22. The number of hydrogen-bond donors (Lipinski definition) is 2. The van der Waals surface area contributed by atoms with Crippen LogP contribution in [0.25, 0.3) is 11.1 Å². The molecule has 0 aliphatic carbocycles. The highest BCUT2D eigenvalue weighted by Gasteiger charge is 2.25. The lowest BCUT2D eigenvalue weighted by atomic mass is 10.2. The molecule has 1 amide bonds. The molecule has 0 unspecified atom stereocenters. The van der Waals surface area contributed by atoms with Gasteiger partial charge in [-0.05, 0) is 30.7 Å². The number of nitrogens with one attached hydrogen (secondary N) is 2. The van der Waals surface area contributed by atoms with E-state index in [1.807, 2.05) is 0 Å². The van der Waals surface area contributed by atoms with Crippen LogP contribution in [0.5, 0.6) is 0 Å². The monoisotopic (exact) mass is 373 g/mol. The molecule has 134 valence electrons. The summed E-state index contributed by atoms with van der Waals surface area (Å²) in [6.07, 6.45) is 1.19. The van der Waals surface area contributed by atoms with Crippen molar-refractivity contribution in [3.05, 3.63) is 53.0 Å². The minimum Gasteiger partial charge on any atom is -0.408 e. The topological polar surface area (TPSA) is 112 Å². The van der Waals surface area contributed by atoms with Gasteiger partial charge in [0.25, 0.3) is 10.0 Å². The zero-order valence-corrected chi connectivity index (χ0v) is 14.4. The van der Waals surface area contributed by atoms with E-state index in [1.165, 1.54) is 18.2 Å². The predicted octanol–water partition coefficient (Wildman–Crippen LogP) is 2.05. The summed E-state index contributed by atoms with van der Waals surface area (Å²) in [5.41, 5.74) is 1.41. The van der Waals surface area contributed by atoms with Crippen LogP contribution in [-0.4, -0.2) is 25.9 Å². The van der Waals surface area contributed by atoms with Gasteiger partial charge in [0.2, 0.25) is 5.91 Å². The number of carbonyl (C=O) groups excluding carboxylic acids is 1. The van der Waals surface area contributed by atoms with Crippen molar-refractivity contribution in [2.45, 2.75) is 17.7 Å². The molecule has 1 fully saturated rings. The minimum absolute atomic E-state index is 0.0350. The zero-order valence-electron chi connectivity index (χ0n) is 13.6. The first-order chi connectivity index (χ1) is 12.4. The Kier molecular flexibility index (Phi) is 3.80. The summed E-state index contributed by atoms with van der Waals surface area (Å²) in [5.74, 6) is -0.687. The highest BCUT2D eigenvalue weighted by molar-refractivity contribution is 7.92. The Hall–Kier alpha value is -3.07. The van der Waals surface area contributed by atoms with Gasteiger partial charge in [-0.15, -0.1) is 0 Å². The number of nitrogens with zero attached hydrogens (tertiary/aromatic N) is 1. The second-order valence-electron chi connectivity index (χ2n) is 5.94. The average Bonchev–Trinajstić information content (AvgIpc) is 3.18. The number of benzene rings is 2. The van der Waals surface area contributed by atoms with Crippen LogP contribution in [0.3, 0.4) is 0 Å². The first kappa shape index (κ1) is 16.4. The summed E-state index contributed by atoms with van der Waals surface area (Å²) in [5, 5.41) is 0. The van der Waals surface area contributed by atoms with E-state index >= 15 is 0 Å². The number of H-pyrrole nitrogens is 1. The van der Waals surface area contributed by atoms with Crippen molar-refractivity contribution in [1.82, 2.24) is 4.98 Å². The lowest BCUT2D eigenvalue weighted by Crippen LogP contribution is -2.25. The van der Waals surface area contributed by atoms with Gasteiger partial charge >= 0.3 is 5.76 Å². The van der Waals surface area contributed by atoms with Crippen molar-refractivity contribution >= 4 is 38.4 Å². The van der Waals surface area contributed by atoms with Gasteiger partial charge in [0.15, 0.2) is 5.58 Å². The number of carbonyl (C=O) groups is 1. The summed E-state index contributed by atoms with van der Waals surface area (Å²) in [7, 11) is -3.93. The first-order valence-electron chi connectivity index (χ1n) is 7.99. The fourth-order valence-corrected chi connectivity index (χ4v) is 4.08. The van der Waals surface area contributed by atoms with Gasteiger partial charge in [-0.2, -0.15) is 0 Å². The first-order valence-corrected chi connectivity index (χ1v) is 9.47. The van der Waals surface area contributed by atoms with E-state index < -0.39 is 15.8 Å². The van der Waals surface area contributed by atoms with Crippen LogP contribution in [0.1, 0.15) is 12.8 Å². The molecule has 1 aliphatic heterocycles. The summed E-state index contributed by atoms with van der Waals surface area (Å²) >= 11 is 0. The van der Waals surface area contributed by atoms with E-state index in [1.54, 1.807) is 29.2 Å². The van der Waals surface area contributed by atoms with Crippen LogP contribution in [-0.2, 0) is 14.8 Å². The Bertz CT molecular complexity index is 1160. The molecule has 8 nitrogen and oxygen atoms in total. The molecule has 2 heterocycles. The van der Waals surface area contributed by atoms with Crippen molar-refractivity contribution < 1.29 is 17.6 Å². The molecule has 2 N–H and O–H groups in total. The van der Waals surface area contributed by atoms with E-state index in [4.69, 9.17) is 4.42 Å². The van der Waals surface area contributed by atoms with Gasteiger partial charge in [-0.3, -0.25) is 14.5 Å². The number of hydrogen-bond acceptors (Lipinski definition) is 5. The van der Waals surface area contributed by atoms with Gasteiger partial charge in [0, 0.05) is 19.0 Å². The van der Waals surface area contributed by atoms with E-state index in [0.29, 0.717) is 29.9 Å². The minimum atomic E-state index is -3.93. The van der Waals surface area contributed by atoms with Crippen LogP contribution >= 0.6 is 0 Å². The van der Waals surface area contributed by atoms with E-state index in [9.17, 15) is 18.0 Å². The molecule has 3 aromatic rings. The van der Waals surface area contributed by atoms with Crippen molar-refractivity contribution in [3.63, 3.8) is 0 Å². The van der Waals surface area contributed by atoms with E-state index in [0.717, 1.165) is 6.42 Å². The van der Waals surface area contributed by atoms with Crippen LogP contribution < -0.4 is 15.4 Å².